The Bertz CT molecular complexity index is 516. The summed E-state index contributed by atoms with van der Waals surface area (Å²) in [6.07, 6.45) is 0. The fraction of sp³-hybridized carbons (Fsp3) is 0.429. The summed E-state index contributed by atoms with van der Waals surface area (Å²) in [5.41, 5.74) is 1.88. The van der Waals surface area contributed by atoms with Crippen molar-refractivity contribution in [1.82, 2.24) is 5.32 Å². The molecule has 1 atom stereocenters. The third-order valence-electron chi connectivity index (χ3n) is 3.15. The van der Waals surface area contributed by atoms with Gasteiger partial charge in [0.25, 0.3) is 0 Å². The van der Waals surface area contributed by atoms with Crippen LogP contribution in [0.3, 0.4) is 0 Å². The van der Waals surface area contributed by atoms with Crippen LogP contribution in [0, 0.1) is 6.92 Å². The number of esters is 1. The van der Waals surface area contributed by atoms with Crippen molar-refractivity contribution in [2.24, 2.45) is 0 Å². The number of anilines is 1. The lowest BCUT2D eigenvalue weighted by Gasteiger charge is -2.23. The Morgan fingerprint density at radius 3 is 2.81 bits per heavy atom. The Morgan fingerprint density at radius 2 is 2.19 bits per heavy atom. The van der Waals surface area contributed by atoms with Crippen LogP contribution >= 0.6 is 12.4 Å². The largest absolute Gasteiger partial charge is 0.465 e. The molecule has 2 rings (SSSR count). The van der Waals surface area contributed by atoms with Crippen molar-refractivity contribution in [2.75, 3.05) is 32.2 Å². The average molecular weight is 315 g/mol. The summed E-state index contributed by atoms with van der Waals surface area (Å²) in [5, 5.41) is 5.89. The first-order valence-corrected chi connectivity index (χ1v) is 6.43. The predicted molar refractivity (Wildman–Crippen MR) is 81.0 cm³/mol. The first-order chi connectivity index (χ1) is 9.61. The van der Waals surface area contributed by atoms with Crippen LogP contribution in [0.15, 0.2) is 18.2 Å². The summed E-state index contributed by atoms with van der Waals surface area (Å²) in [6.45, 7) is 3.48. The van der Waals surface area contributed by atoms with E-state index < -0.39 is 5.97 Å². The molecule has 1 amide bonds. The van der Waals surface area contributed by atoms with E-state index in [0.717, 1.165) is 5.56 Å². The van der Waals surface area contributed by atoms with E-state index in [1.54, 1.807) is 18.2 Å². The molecule has 1 heterocycles. The number of aryl methyl sites for hydroxylation is 1. The Labute approximate surface area is 129 Å². The molecule has 1 aliphatic rings. The Balaban J connectivity index is 0.00000220. The minimum absolute atomic E-state index is 0. The van der Waals surface area contributed by atoms with E-state index >= 15 is 0 Å². The van der Waals surface area contributed by atoms with Crippen molar-refractivity contribution in [3.63, 3.8) is 0 Å². The second kappa shape index (κ2) is 7.97. The molecular formula is C14H19ClN2O4. The number of nitrogens with one attached hydrogen (secondary N) is 2. The van der Waals surface area contributed by atoms with E-state index in [-0.39, 0.29) is 24.4 Å². The van der Waals surface area contributed by atoms with E-state index in [0.29, 0.717) is 31.0 Å². The highest BCUT2D eigenvalue weighted by Gasteiger charge is 2.21. The first kappa shape index (κ1) is 17.4. The summed E-state index contributed by atoms with van der Waals surface area (Å²) in [4.78, 5) is 23.6. The molecule has 0 aliphatic carbocycles. The number of halogens is 1. The van der Waals surface area contributed by atoms with Gasteiger partial charge in [0.1, 0.15) is 6.04 Å². The molecule has 7 heteroatoms. The number of carbonyl (C=O) groups excluding carboxylic acids is 2. The lowest BCUT2D eigenvalue weighted by atomic mass is 10.1. The maximum absolute atomic E-state index is 12.1. The van der Waals surface area contributed by atoms with Gasteiger partial charge in [-0.05, 0) is 24.6 Å². The molecule has 1 aromatic carbocycles. The third-order valence-corrected chi connectivity index (χ3v) is 3.15. The summed E-state index contributed by atoms with van der Waals surface area (Å²) in [6, 6.07) is 4.68. The highest BCUT2D eigenvalue weighted by molar-refractivity contribution is 5.97. The molecule has 1 aromatic rings. The van der Waals surface area contributed by atoms with Gasteiger partial charge in [-0.1, -0.05) is 6.07 Å². The molecule has 1 unspecified atom stereocenters. The Kier molecular flexibility index (Phi) is 6.61. The third kappa shape index (κ3) is 4.42. The number of hydrogen-bond acceptors (Lipinski definition) is 5. The normalized spacial score (nSPS) is 17.5. The minimum Gasteiger partial charge on any atom is -0.465 e. The van der Waals surface area contributed by atoms with E-state index in [2.05, 4.69) is 15.4 Å². The topological polar surface area (TPSA) is 76.7 Å². The second-order valence-electron chi connectivity index (χ2n) is 4.59. The molecule has 1 fully saturated rings. The summed E-state index contributed by atoms with van der Waals surface area (Å²) < 4.78 is 9.92. The zero-order chi connectivity index (χ0) is 14.5. The predicted octanol–water partition coefficient (Wildman–Crippen LogP) is 1.13. The monoisotopic (exact) mass is 314 g/mol. The number of benzene rings is 1. The molecule has 0 spiro atoms. The van der Waals surface area contributed by atoms with Crippen LogP contribution < -0.4 is 10.6 Å². The van der Waals surface area contributed by atoms with Gasteiger partial charge in [0.2, 0.25) is 5.91 Å². The number of rotatable bonds is 3. The number of hydrogen-bond donors (Lipinski definition) is 2. The molecule has 1 saturated heterocycles. The van der Waals surface area contributed by atoms with Crippen LogP contribution in [0.1, 0.15) is 15.9 Å². The molecular weight excluding hydrogens is 296 g/mol. The summed E-state index contributed by atoms with van der Waals surface area (Å²) >= 11 is 0. The lowest BCUT2D eigenvalue weighted by molar-refractivity contribution is -0.120. The second-order valence-corrected chi connectivity index (χ2v) is 4.59. The fourth-order valence-electron chi connectivity index (χ4n) is 1.96. The highest BCUT2D eigenvalue weighted by Crippen LogP contribution is 2.18. The van der Waals surface area contributed by atoms with E-state index in [9.17, 15) is 9.59 Å². The standard InChI is InChI=1S/C14H18N2O4.ClH/c1-9-3-4-10(14(18)19-2)7-11(9)16-13(17)12-8-20-6-5-15-12;/h3-4,7,12,15H,5-6,8H2,1-2H3,(H,16,17);1H. The van der Waals surface area contributed by atoms with Crippen molar-refractivity contribution < 1.29 is 19.1 Å². The molecule has 0 bridgehead atoms. The van der Waals surface area contributed by atoms with Crippen LogP contribution in [-0.2, 0) is 14.3 Å². The molecule has 0 radical (unpaired) electrons. The van der Waals surface area contributed by atoms with Gasteiger partial charge in [0, 0.05) is 12.2 Å². The SMILES string of the molecule is COC(=O)c1ccc(C)c(NC(=O)C2COCCN2)c1.Cl. The number of morpholine rings is 1. The van der Waals surface area contributed by atoms with E-state index in [1.165, 1.54) is 7.11 Å². The number of amides is 1. The Morgan fingerprint density at radius 1 is 1.43 bits per heavy atom. The lowest BCUT2D eigenvalue weighted by Crippen LogP contribution is -2.48. The van der Waals surface area contributed by atoms with Crippen molar-refractivity contribution in [3.05, 3.63) is 29.3 Å². The number of carbonyl (C=O) groups is 2. The zero-order valence-electron chi connectivity index (χ0n) is 12.0. The molecule has 116 valence electrons. The molecule has 21 heavy (non-hydrogen) atoms. The minimum atomic E-state index is -0.431. The van der Waals surface area contributed by atoms with Gasteiger partial charge >= 0.3 is 5.97 Å². The van der Waals surface area contributed by atoms with Gasteiger partial charge in [-0.2, -0.15) is 0 Å². The fourth-order valence-corrected chi connectivity index (χ4v) is 1.96. The van der Waals surface area contributed by atoms with E-state index in [1.807, 2.05) is 6.92 Å². The van der Waals surface area contributed by atoms with Crippen LogP contribution in [0.5, 0.6) is 0 Å². The number of methoxy groups -OCH3 is 1. The maximum atomic E-state index is 12.1. The maximum Gasteiger partial charge on any atom is 0.337 e. The van der Waals surface area contributed by atoms with Gasteiger partial charge in [-0.3, -0.25) is 4.79 Å². The van der Waals surface area contributed by atoms with Crippen LogP contribution in [0.2, 0.25) is 0 Å². The van der Waals surface area contributed by atoms with Crippen molar-refractivity contribution >= 4 is 30.0 Å². The van der Waals surface area contributed by atoms with Crippen LogP contribution in [0.4, 0.5) is 5.69 Å². The van der Waals surface area contributed by atoms with E-state index in [4.69, 9.17) is 4.74 Å². The van der Waals surface area contributed by atoms with Crippen LogP contribution in [0.25, 0.3) is 0 Å². The molecule has 2 N–H and O–H groups in total. The average Bonchev–Trinajstić information content (AvgIpc) is 2.49. The van der Waals surface area contributed by atoms with Crippen LogP contribution in [-0.4, -0.2) is 44.8 Å². The van der Waals surface area contributed by atoms with Gasteiger partial charge < -0.3 is 20.1 Å². The van der Waals surface area contributed by atoms with Crippen molar-refractivity contribution in [1.29, 1.82) is 0 Å². The smallest absolute Gasteiger partial charge is 0.337 e. The highest BCUT2D eigenvalue weighted by atomic mass is 35.5. The first-order valence-electron chi connectivity index (χ1n) is 6.43. The number of ether oxygens (including phenoxy) is 2. The van der Waals surface area contributed by atoms with Gasteiger partial charge in [-0.25, -0.2) is 4.79 Å². The molecule has 0 aromatic heterocycles. The summed E-state index contributed by atoms with van der Waals surface area (Å²) in [5.74, 6) is -0.602. The van der Waals surface area contributed by atoms with Gasteiger partial charge in [0.05, 0.1) is 25.9 Å². The van der Waals surface area contributed by atoms with Crippen molar-refractivity contribution in [3.8, 4) is 0 Å². The summed E-state index contributed by atoms with van der Waals surface area (Å²) in [7, 11) is 1.32. The molecule has 1 aliphatic heterocycles. The van der Waals surface area contributed by atoms with Gasteiger partial charge in [-0.15, -0.1) is 12.4 Å². The van der Waals surface area contributed by atoms with Gasteiger partial charge in [0.15, 0.2) is 0 Å². The van der Waals surface area contributed by atoms with Crippen molar-refractivity contribution in [2.45, 2.75) is 13.0 Å². The Hall–Kier alpha value is -1.63. The quantitative estimate of drug-likeness (QED) is 0.818. The zero-order valence-corrected chi connectivity index (χ0v) is 12.8. The molecule has 0 saturated carbocycles. The molecule has 6 nitrogen and oxygen atoms in total.